The molecule has 10 heteroatoms. The van der Waals surface area contributed by atoms with E-state index in [1.807, 2.05) is 53.1 Å². The average molecular weight is 624 g/mol. The lowest BCUT2D eigenvalue weighted by molar-refractivity contribution is -0.138. The van der Waals surface area contributed by atoms with E-state index in [2.05, 4.69) is 34.7 Å². The Balaban J connectivity index is 1.25. The summed E-state index contributed by atoms with van der Waals surface area (Å²) in [6, 6.07) is 15.0. The molecule has 2 fully saturated rings. The number of carbonyl (C=O) groups excluding carboxylic acids is 3. The Morgan fingerprint density at radius 1 is 1.00 bits per heavy atom. The fourth-order valence-corrected chi connectivity index (χ4v) is 7.05. The maximum atomic E-state index is 14.0. The summed E-state index contributed by atoms with van der Waals surface area (Å²) >= 11 is 6.12. The molecule has 2 N–H and O–H groups in total. The van der Waals surface area contributed by atoms with Gasteiger partial charge in [0.25, 0.3) is 0 Å². The maximum Gasteiger partial charge on any atom is 0.410 e. The van der Waals surface area contributed by atoms with Crippen molar-refractivity contribution in [2.75, 3.05) is 46.4 Å². The van der Waals surface area contributed by atoms with Crippen LogP contribution in [0.25, 0.3) is 0 Å². The predicted molar refractivity (Wildman–Crippen MR) is 172 cm³/mol. The lowest BCUT2D eigenvalue weighted by atomic mass is 9.92. The molecule has 5 rings (SSSR count). The van der Waals surface area contributed by atoms with Gasteiger partial charge < -0.3 is 30.1 Å². The SMILES string of the molecule is CCOC(=O)N(C1CCN(C)CC1)C1CCN(C(=O)C(Cc2ccc(Cl)cc2)NC(=O)CC2NCCc3ccccc32)CC1. The number of halogens is 1. The van der Waals surface area contributed by atoms with Crippen LogP contribution in [0.4, 0.5) is 4.79 Å². The number of nitrogens with one attached hydrogen (secondary N) is 2. The molecule has 0 aliphatic carbocycles. The normalized spacial score (nSPS) is 20.4. The zero-order valence-electron chi connectivity index (χ0n) is 26.0. The van der Waals surface area contributed by atoms with Crippen molar-refractivity contribution in [2.24, 2.45) is 0 Å². The molecule has 2 saturated heterocycles. The van der Waals surface area contributed by atoms with E-state index < -0.39 is 6.04 Å². The minimum Gasteiger partial charge on any atom is -0.450 e. The summed E-state index contributed by atoms with van der Waals surface area (Å²) in [5.74, 6) is -0.247. The third kappa shape index (κ3) is 8.11. The fourth-order valence-electron chi connectivity index (χ4n) is 6.92. The highest BCUT2D eigenvalue weighted by atomic mass is 35.5. The van der Waals surface area contributed by atoms with Gasteiger partial charge in [0.05, 0.1) is 6.61 Å². The molecule has 3 heterocycles. The van der Waals surface area contributed by atoms with E-state index in [1.165, 1.54) is 5.56 Å². The molecule has 2 atom stereocenters. The van der Waals surface area contributed by atoms with E-state index in [0.29, 0.717) is 44.0 Å². The highest BCUT2D eigenvalue weighted by Gasteiger charge is 2.37. The Bertz CT molecular complexity index is 1270. The van der Waals surface area contributed by atoms with Crippen LogP contribution in [-0.2, 0) is 27.2 Å². The highest BCUT2D eigenvalue weighted by molar-refractivity contribution is 6.30. The number of piperidine rings is 2. The summed E-state index contributed by atoms with van der Waals surface area (Å²) in [4.78, 5) is 46.6. The van der Waals surface area contributed by atoms with E-state index in [9.17, 15) is 14.4 Å². The van der Waals surface area contributed by atoms with Crippen LogP contribution < -0.4 is 10.6 Å². The van der Waals surface area contributed by atoms with Crippen LogP contribution in [-0.4, -0.2) is 97.1 Å². The van der Waals surface area contributed by atoms with Crippen molar-refractivity contribution >= 4 is 29.5 Å². The van der Waals surface area contributed by atoms with E-state index in [-0.39, 0.29) is 42.5 Å². The smallest absolute Gasteiger partial charge is 0.410 e. The van der Waals surface area contributed by atoms with Gasteiger partial charge in [-0.25, -0.2) is 4.79 Å². The second-order valence-corrected chi connectivity index (χ2v) is 12.7. The van der Waals surface area contributed by atoms with E-state index in [4.69, 9.17) is 16.3 Å². The molecule has 0 spiro atoms. The van der Waals surface area contributed by atoms with Gasteiger partial charge in [0.1, 0.15) is 6.04 Å². The van der Waals surface area contributed by atoms with Crippen LogP contribution in [0.5, 0.6) is 0 Å². The van der Waals surface area contributed by atoms with E-state index >= 15 is 0 Å². The zero-order chi connectivity index (χ0) is 31.1. The number of ether oxygens (including phenoxy) is 1. The van der Waals surface area contributed by atoms with Crippen LogP contribution in [0.1, 0.15) is 61.8 Å². The van der Waals surface area contributed by atoms with Gasteiger partial charge in [0.15, 0.2) is 0 Å². The Labute approximate surface area is 266 Å². The molecule has 2 aromatic carbocycles. The average Bonchev–Trinajstić information content (AvgIpc) is 3.03. The van der Waals surface area contributed by atoms with Gasteiger partial charge in [-0.1, -0.05) is 48.0 Å². The number of hydrogen-bond donors (Lipinski definition) is 2. The summed E-state index contributed by atoms with van der Waals surface area (Å²) in [7, 11) is 2.11. The van der Waals surface area contributed by atoms with Gasteiger partial charge in [-0.05, 0) is 94.5 Å². The van der Waals surface area contributed by atoms with Crippen molar-refractivity contribution < 1.29 is 19.1 Å². The molecule has 3 amide bonds. The third-order valence-corrected chi connectivity index (χ3v) is 9.57. The quantitative estimate of drug-likeness (QED) is 0.435. The van der Waals surface area contributed by atoms with Crippen molar-refractivity contribution in [3.8, 4) is 0 Å². The second-order valence-electron chi connectivity index (χ2n) is 12.3. The number of fused-ring (bicyclic) bond motifs is 1. The molecule has 3 aliphatic rings. The number of amides is 3. The Morgan fingerprint density at radius 3 is 2.34 bits per heavy atom. The molecule has 3 aliphatic heterocycles. The molecule has 2 aromatic rings. The molecule has 0 aromatic heterocycles. The fraction of sp³-hybridized carbons (Fsp3) is 0.559. The molecule has 0 bridgehead atoms. The second kappa shape index (κ2) is 15.2. The topological polar surface area (TPSA) is 94.2 Å². The molecule has 0 saturated carbocycles. The minimum absolute atomic E-state index is 0.0215. The minimum atomic E-state index is -0.700. The van der Waals surface area contributed by atoms with Gasteiger partial charge in [0.2, 0.25) is 11.8 Å². The largest absolute Gasteiger partial charge is 0.450 e. The van der Waals surface area contributed by atoms with Crippen LogP contribution in [0.15, 0.2) is 48.5 Å². The number of hydrogen-bond acceptors (Lipinski definition) is 6. The molecular formula is C34H46ClN5O4. The number of likely N-dealkylation sites (tertiary alicyclic amines) is 2. The number of rotatable bonds is 9. The predicted octanol–water partition coefficient (Wildman–Crippen LogP) is 4.19. The summed E-state index contributed by atoms with van der Waals surface area (Å²) in [6.45, 7) is 5.94. The monoisotopic (exact) mass is 623 g/mol. The van der Waals surface area contributed by atoms with Crippen molar-refractivity contribution in [3.05, 3.63) is 70.2 Å². The first-order valence-electron chi connectivity index (χ1n) is 16.1. The Morgan fingerprint density at radius 2 is 1.66 bits per heavy atom. The van der Waals surface area contributed by atoms with Gasteiger partial charge in [0, 0.05) is 49.1 Å². The third-order valence-electron chi connectivity index (χ3n) is 9.32. The standard InChI is InChI=1S/C34H46ClN5O4/c1-3-44-34(43)40(27-13-18-38(2)19-14-27)28-15-20-39(21-16-28)33(42)31(22-24-8-10-26(35)11-9-24)37-32(41)23-30-29-7-5-4-6-25(29)12-17-36-30/h4-11,27-28,30-31,36H,3,12-23H2,1-2H3,(H,37,41). The van der Waals surface area contributed by atoms with Crippen molar-refractivity contribution in [1.29, 1.82) is 0 Å². The van der Waals surface area contributed by atoms with Crippen LogP contribution in [0.3, 0.4) is 0 Å². The molecule has 0 radical (unpaired) electrons. The molecular weight excluding hydrogens is 578 g/mol. The summed E-state index contributed by atoms with van der Waals surface area (Å²) in [5, 5.41) is 7.19. The van der Waals surface area contributed by atoms with Gasteiger partial charge in [-0.3, -0.25) is 9.59 Å². The van der Waals surface area contributed by atoms with Crippen LogP contribution in [0.2, 0.25) is 5.02 Å². The molecule has 2 unspecified atom stereocenters. The lowest BCUT2D eigenvalue weighted by Crippen LogP contribution is -2.57. The zero-order valence-corrected chi connectivity index (χ0v) is 26.7. The van der Waals surface area contributed by atoms with Crippen molar-refractivity contribution in [1.82, 2.24) is 25.3 Å². The van der Waals surface area contributed by atoms with Gasteiger partial charge >= 0.3 is 6.09 Å². The summed E-state index contributed by atoms with van der Waals surface area (Å²) < 4.78 is 5.48. The summed E-state index contributed by atoms with van der Waals surface area (Å²) in [5.41, 5.74) is 3.34. The lowest BCUT2D eigenvalue weighted by Gasteiger charge is -2.44. The number of nitrogens with zero attached hydrogens (tertiary/aromatic N) is 3. The van der Waals surface area contributed by atoms with Crippen LogP contribution in [0, 0.1) is 0 Å². The molecule has 238 valence electrons. The first-order chi connectivity index (χ1) is 21.3. The maximum absolute atomic E-state index is 14.0. The first-order valence-corrected chi connectivity index (χ1v) is 16.5. The first kappa shape index (κ1) is 32.3. The molecule has 44 heavy (non-hydrogen) atoms. The van der Waals surface area contributed by atoms with Gasteiger partial charge in [-0.15, -0.1) is 0 Å². The van der Waals surface area contributed by atoms with Crippen LogP contribution >= 0.6 is 11.6 Å². The Hall–Kier alpha value is -3.14. The number of carbonyl (C=O) groups is 3. The number of benzene rings is 2. The van der Waals surface area contributed by atoms with Gasteiger partial charge in [-0.2, -0.15) is 0 Å². The highest BCUT2D eigenvalue weighted by Crippen LogP contribution is 2.27. The van der Waals surface area contributed by atoms with Crippen molar-refractivity contribution in [3.63, 3.8) is 0 Å². The van der Waals surface area contributed by atoms with E-state index in [1.54, 1.807) is 0 Å². The van der Waals surface area contributed by atoms with Crippen molar-refractivity contribution in [2.45, 2.75) is 76.0 Å². The Kier molecular flexibility index (Phi) is 11.2. The van der Waals surface area contributed by atoms with E-state index in [0.717, 1.165) is 50.0 Å². The summed E-state index contributed by atoms with van der Waals surface area (Å²) in [6.07, 6.45) is 4.52. The molecule has 9 nitrogen and oxygen atoms in total.